The molecule has 0 aromatic carbocycles. The first-order valence-corrected chi connectivity index (χ1v) is 6.98. The van der Waals surface area contributed by atoms with E-state index in [1.165, 1.54) is 0 Å². The molecule has 1 aromatic heterocycles. The average molecular weight is 266 g/mol. The summed E-state index contributed by atoms with van der Waals surface area (Å²) >= 11 is 0. The van der Waals surface area contributed by atoms with Gasteiger partial charge < -0.3 is 14.8 Å². The molecule has 106 valence electrons. The van der Waals surface area contributed by atoms with Crippen LogP contribution in [0.2, 0.25) is 0 Å². The van der Waals surface area contributed by atoms with Gasteiger partial charge in [0, 0.05) is 6.61 Å². The normalized spacial score (nSPS) is 18.1. The summed E-state index contributed by atoms with van der Waals surface area (Å²) in [5.41, 5.74) is -0.446. The molecule has 0 saturated heterocycles. The van der Waals surface area contributed by atoms with Crippen LogP contribution in [0.25, 0.3) is 0 Å². The predicted molar refractivity (Wildman–Crippen MR) is 72.4 cm³/mol. The fourth-order valence-electron chi connectivity index (χ4n) is 2.88. The van der Waals surface area contributed by atoms with Gasteiger partial charge in [-0.25, -0.2) is 0 Å². The topological polar surface area (TPSA) is 75.2 Å². The Labute approximate surface area is 113 Å². The van der Waals surface area contributed by atoms with Gasteiger partial charge in [-0.05, 0) is 38.5 Å². The van der Waals surface area contributed by atoms with Gasteiger partial charge in [0.2, 0.25) is 5.88 Å². The lowest BCUT2D eigenvalue weighted by atomic mass is 10.00. The largest absolute Gasteiger partial charge is 0.493 e. The summed E-state index contributed by atoms with van der Waals surface area (Å²) in [7, 11) is 0. The number of ether oxygens (including phenoxy) is 1. The zero-order valence-electron chi connectivity index (χ0n) is 11.8. The minimum Gasteiger partial charge on any atom is -0.493 e. The number of hydrogen-bond donors (Lipinski definition) is 2. The van der Waals surface area contributed by atoms with Gasteiger partial charge in [-0.2, -0.15) is 4.98 Å². The van der Waals surface area contributed by atoms with Crippen molar-refractivity contribution in [1.29, 1.82) is 0 Å². The Hall–Kier alpha value is -1.36. The molecule has 1 heterocycles. The van der Waals surface area contributed by atoms with Crippen LogP contribution in [-0.4, -0.2) is 21.7 Å². The molecule has 5 heteroatoms. The minimum atomic E-state index is -0.527. The molecule has 2 rings (SSSR count). The second-order valence-electron chi connectivity index (χ2n) is 5.44. The lowest BCUT2D eigenvalue weighted by Crippen LogP contribution is -2.32. The summed E-state index contributed by atoms with van der Waals surface area (Å²) in [5, 5.41) is 10.00. The van der Waals surface area contributed by atoms with Crippen molar-refractivity contribution in [3.63, 3.8) is 0 Å². The first-order valence-electron chi connectivity index (χ1n) is 6.98. The van der Waals surface area contributed by atoms with Crippen LogP contribution < -0.4 is 5.56 Å². The molecular weight excluding hydrogens is 244 g/mol. The maximum Gasteiger partial charge on any atom is 0.258 e. The number of hydrogen-bond acceptors (Lipinski definition) is 4. The summed E-state index contributed by atoms with van der Waals surface area (Å²) < 4.78 is 5.84. The van der Waals surface area contributed by atoms with E-state index in [9.17, 15) is 9.90 Å². The Bertz CT molecular complexity index is 502. The molecule has 0 atom stereocenters. The van der Waals surface area contributed by atoms with Crippen molar-refractivity contribution in [1.82, 2.24) is 9.97 Å². The Morgan fingerprint density at radius 1 is 1.42 bits per heavy atom. The standard InChI is InChI=1S/C14H22N2O3/c1-4-19-14(7-5-6-8-14)13-15-11(17)10(9(2)3)12(18)16-13/h9H,4-8H2,1-3H3,(H2,15,16,17,18). The van der Waals surface area contributed by atoms with Crippen LogP contribution in [0.4, 0.5) is 0 Å². The lowest BCUT2D eigenvalue weighted by molar-refractivity contribution is -0.0462. The fraction of sp³-hybridized carbons (Fsp3) is 0.714. The third-order valence-corrected chi connectivity index (χ3v) is 3.78. The number of aromatic hydroxyl groups is 1. The van der Waals surface area contributed by atoms with Crippen LogP contribution in [-0.2, 0) is 10.3 Å². The highest BCUT2D eigenvalue weighted by atomic mass is 16.5. The van der Waals surface area contributed by atoms with Gasteiger partial charge in [-0.15, -0.1) is 0 Å². The summed E-state index contributed by atoms with van der Waals surface area (Å²) in [6.45, 7) is 6.22. The predicted octanol–water partition coefficient (Wildman–Crippen LogP) is 2.40. The first-order chi connectivity index (χ1) is 9.00. The van der Waals surface area contributed by atoms with E-state index in [1.54, 1.807) is 0 Å². The second-order valence-corrected chi connectivity index (χ2v) is 5.44. The average Bonchev–Trinajstić information content (AvgIpc) is 2.77. The molecule has 0 radical (unpaired) electrons. The lowest BCUT2D eigenvalue weighted by Gasteiger charge is -2.28. The van der Waals surface area contributed by atoms with Crippen LogP contribution in [0.1, 0.15) is 63.8 Å². The summed E-state index contributed by atoms with van der Waals surface area (Å²) in [4.78, 5) is 19.1. The van der Waals surface area contributed by atoms with E-state index in [0.29, 0.717) is 18.0 Å². The minimum absolute atomic E-state index is 0.0584. The number of aromatic nitrogens is 2. The van der Waals surface area contributed by atoms with Crippen LogP contribution in [0.5, 0.6) is 5.88 Å². The van der Waals surface area contributed by atoms with Crippen LogP contribution in [0, 0.1) is 0 Å². The van der Waals surface area contributed by atoms with E-state index < -0.39 is 5.60 Å². The highest BCUT2D eigenvalue weighted by Gasteiger charge is 2.39. The SMILES string of the molecule is CCOC1(c2nc(O)c(C(C)C)c(=O)[nH]2)CCCC1. The van der Waals surface area contributed by atoms with E-state index in [2.05, 4.69) is 9.97 Å². The molecular formula is C14H22N2O3. The molecule has 2 N–H and O–H groups in total. The van der Waals surface area contributed by atoms with Crippen molar-refractivity contribution in [2.45, 2.75) is 58.0 Å². The van der Waals surface area contributed by atoms with Crippen molar-refractivity contribution in [2.75, 3.05) is 6.61 Å². The third kappa shape index (κ3) is 2.52. The van der Waals surface area contributed by atoms with Gasteiger partial charge in [0.1, 0.15) is 11.4 Å². The number of nitrogens with one attached hydrogen (secondary N) is 1. The van der Waals surface area contributed by atoms with Gasteiger partial charge in [0.15, 0.2) is 0 Å². The number of aromatic amines is 1. The van der Waals surface area contributed by atoms with Crippen molar-refractivity contribution in [3.05, 3.63) is 21.7 Å². The van der Waals surface area contributed by atoms with Crippen LogP contribution in [0.3, 0.4) is 0 Å². The van der Waals surface area contributed by atoms with Gasteiger partial charge in [0.25, 0.3) is 5.56 Å². The molecule has 1 fully saturated rings. The summed E-state index contributed by atoms with van der Waals surface area (Å²) in [6, 6.07) is 0. The van der Waals surface area contributed by atoms with Crippen molar-refractivity contribution >= 4 is 0 Å². The highest BCUT2D eigenvalue weighted by molar-refractivity contribution is 5.27. The Balaban J connectivity index is 2.48. The molecule has 0 aliphatic heterocycles. The monoisotopic (exact) mass is 266 g/mol. The summed E-state index contributed by atoms with van der Waals surface area (Å²) in [5.74, 6) is 0.246. The fourth-order valence-corrected chi connectivity index (χ4v) is 2.88. The molecule has 1 aromatic rings. The van der Waals surface area contributed by atoms with Crippen molar-refractivity contribution < 1.29 is 9.84 Å². The Morgan fingerprint density at radius 2 is 2.05 bits per heavy atom. The van der Waals surface area contributed by atoms with Gasteiger partial charge in [-0.1, -0.05) is 13.8 Å². The van der Waals surface area contributed by atoms with Gasteiger partial charge >= 0.3 is 0 Å². The first kappa shape index (κ1) is 14.1. The number of H-pyrrole nitrogens is 1. The molecule has 0 bridgehead atoms. The van der Waals surface area contributed by atoms with E-state index in [-0.39, 0.29) is 17.4 Å². The highest BCUT2D eigenvalue weighted by Crippen LogP contribution is 2.40. The quantitative estimate of drug-likeness (QED) is 0.877. The van der Waals surface area contributed by atoms with E-state index in [1.807, 2.05) is 20.8 Å². The Morgan fingerprint density at radius 3 is 2.53 bits per heavy atom. The van der Waals surface area contributed by atoms with Gasteiger partial charge in [0.05, 0.1) is 5.56 Å². The number of rotatable bonds is 4. The maximum atomic E-state index is 12.1. The molecule has 19 heavy (non-hydrogen) atoms. The van der Waals surface area contributed by atoms with Crippen LogP contribution in [0.15, 0.2) is 4.79 Å². The van der Waals surface area contributed by atoms with Gasteiger partial charge in [-0.3, -0.25) is 4.79 Å². The van der Waals surface area contributed by atoms with E-state index in [0.717, 1.165) is 25.7 Å². The van der Waals surface area contributed by atoms with Crippen LogP contribution >= 0.6 is 0 Å². The maximum absolute atomic E-state index is 12.1. The molecule has 0 unspecified atom stereocenters. The number of nitrogens with zero attached hydrogens (tertiary/aromatic N) is 1. The molecule has 1 saturated carbocycles. The third-order valence-electron chi connectivity index (χ3n) is 3.78. The zero-order valence-corrected chi connectivity index (χ0v) is 11.8. The molecule has 0 spiro atoms. The van der Waals surface area contributed by atoms with Crippen molar-refractivity contribution in [2.24, 2.45) is 0 Å². The smallest absolute Gasteiger partial charge is 0.258 e. The van der Waals surface area contributed by atoms with Crippen molar-refractivity contribution in [3.8, 4) is 5.88 Å². The summed E-state index contributed by atoms with van der Waals surface area (Å²) in [6.07, 6.45) is 3.78. The molecule has 1 aliphatic carbocycles. The molecule has 1 aliphatic rings. The Kier molecular flexibility index (Phi) is 3.94. The molecule has 5 nitrogen and oxygen atoms in total. The van der Waals surface area contributed by atoms with E-state index in [4.69, 9.17) is 4.74 Å². The zero-order chi connectivity index (χ0) is 14.0. The van der Waals surface area contributed by atoms with E-state index >= 15 is 0 Å². The second kappa shape index (κ2) is 5.33. The molecule has 0 amide bonds.